The summed E-state index contributed by atoms with van der Waals surface area (Å²) in [4.78, 5) is 81.0. The van der Waals surface area contributed by atoms with Crippen molar-refractivity contribution in [2.24, 2.45) is 5.73 Å². The van der Waals surface area contributed by atoms with E-state index in [2.05, 4.69) is 9.97 Å². The number of nitrogens with two attached hydrogens (primary N) is 2. The van der Waals surface area contributed by atoms with Gasteiger partial charge >= 0.3 is 17.9 Å². The normalized spacial score (nSPS) is 12.3. The van der Waals surface area contributed by atoms with Crippen molar-refractivity contribution in [3.63, 3.8) is 0 Å². The van der Waals surface area contributed by atoms with Gasteiger partial charge in [0.25, 0.3) is 11.5 Å². The fraction of sp³-hybridized carbons (Fsp3) is 0.296. The summed E-state index contributed by atoms with van der Waals surface area (Å²) < 4.78 is 15.3. The van der Waals surface area contributed by atoms with E-state index < -0.39 is 84.4 Å². The van der Waals surface area contributed by atoms with Crippen LogP contribution in [0, 0.1) is 5.82 Å². The van der Waals surface area contributed by atoms with Crippen molar-refractivity contribution in [3.8, 4) is 0 Å². The van der Waals surface area contributed by atoms with E-state index in [9.17, 15) is 33.9 Å². The largest absolute Gasteiger partial charge is 0.481 e. The second kappa shape index (κ2) is 13.5. The van der Waals surface area contributed by atoms with Crippen molar-refractivity contribution in [1.29, 1.82) is 0 Å². The molecule has 0 aliphatic heterocycles. The third-order valence-electron chi connectivity index (χ3n) is 6.53. The molecule has 228 valence electrons. The Balaban J connectivity index is 1.89. The summed E-state index contributed by atoms with van der Waals surface area (Å²) >= 11 is 0. The monoisotopic (exact) mass is 600 g/mol. The van der Waals surface area contributed by atoms with Gasteiger partial charge in [-0.3, -0.25) is 33.9 Å². The van der Waals surface area contributed by atoms with Gasteiger partial charge in [-0.2, -0.15) is 0 Å². The standard InChI is InChI=1S/C27H29FN6O9/c1-33(12-13-2-6-19-16(10-13)23(38)32-27(30)31-19)14-3-4-15(17(28)11-14)24(39)34(20(26(42)43)7-9-22(36)37)21(35)8-5-18(29)25(40)41/h2-4,6,10-11,18,20H,5,7-9,12,29H2,1H3,(H,36,37)(H,40,41)(H,42,43)(H3,30,31,32,38)/t18-,20+/m0/s1. The van der Waals surface area contributed by atoms with Crippen molar-refractivity contribution in [2.75, 3.05) is 17.7 Å². The Labute approximate surface area is 242 Å². The molecule has 0 unspecified atom stereocenters. The molecule has 0 bridgehead atoms. The molecule has 0 saturated heterocycles. The van der Waals surface area contributed by atoms with Gasteiger partial charge in [0.05, 0.1) is 16.5 Å². The Morgan fingerprint density at radius 3 is 2.30 bits per heavy atom. The number of rotatable bonds is 13. The number of imide groups is 1. The highest BCUT2D eigenvalue weighted by atomic mass is 19.1. The molecule has 0 fully saturated rings. The van der Waals surface area contributed by atoms with Gasteiger partial charge in [-0.25, -0.2) is 14.2 Å². The molecular formula is C27H29FN6O9. The number of fused-ring (bicyclic) bond motifs is 1. The summed E-state index contributed by atoms with van der Waals surface area (Å²) in [6.45, 7) is 0.192. The SMILES string of the molecule is CN(Cc1ccc2nc(N)[nH]c(=O)c2c1)c1ccc(C(=O)N(C(=O)CC[C@H](N)C(=O)O)[C@H](CCC(=O)O)C(=O)O)c(F)c1. The molecule has 3 rings (SSSR count). The average molecular weight is 601 g/mol. The number of amides is 2. The molecule has 0 radical (unpaired) electrons. The number of halogens is 1. The minimum absolute atomic E-state index is 0.0341. The lowest BCUT2D eigenvalue weighted by Crippen LogP contribution is -2.49. The zero-order valence-electron chi connectivity index (χ0n) is 22.8. The number of aromatic nitrogens is 2. The van der Waals surface area contributed by atoms with E-state index in [1.54, 1.807) is 30.1 Å². The van der Waals surface area contributed by atoms with Gasteiger partial charge in [0.2, 0.25) is 11.9 Å². The lowest BCUT2D eigenvalue weighted by molar-refractivity contribution is -0.149. The summed E-state index contributed by atoms with van der Waals surface area (Å²) in [5.41, 5.74) is 11.2. The van der Waals surface area contributed by atoms with Crippen LogP contribution in [0.2, 0.25) is 0 Å². The van der Waals surface area contributed by atoms with Gasteiger partial charge in [-0.15, -0.1) is 0 Å². The fourth-order valence-corrected chi connectivity index (χ4v) is 4.29. The number of anilines is 2. The second-order valence-electron chi connectivity index (χ2n) is 9.66. The predicted octanol–water partition coefficient (Wildman–Crippen LogP) is 0.760. The van der Waals surface area contributed by atoms with E-state index in [0.29, 0.717) is 11.1 Å². The number of benzene rings is 2. The molecule has 8 N–H and O–H groups in total. The molecular weight excluding hydrogens is 571 g/mol. The van der Waals surface area contributed by atoms with E-state index in [1.165, 1.54) is 6.07 Å². The maximum Gasteiger partial charge on any atom is 0.326 e. The van der Waals surface area contributed by atoms with Crippen molar-refractivity contribution in [2.45, 2.75) is 44.3 Å². The van der Waals surface area contributed by atoms with Crippen molar-refractivity contribution in [3.05, 3.63) is 63.7 Å². The van der Waals surface area contributed by atoms with Gasteiger partial charge in [0.15, 0.2) is 0 Å². The van der Waals surface area contributed by atoms with Crippen LogP contribution in [0.25, 0.3) is 10.9 Å². The van der Waals surface area contributed by atoms with Crippen molar-refractivity contribution in [1.82, 2.24) is 14.9 Å². The number of carboxylic acid groups (broad SMARTS) is 3. The molecule has 43 heavy (non-hydrogen) atoms. The van der Waals surface area contributed by atoms with Crippen LogP contribution in [0.4, 0.5) is 16.0 Å². The summed E-state index contributed by atoms with van der Waals surface area (Å²) in [6, 6.07) is 4.80. The number of nitrogen functional groups attached to an aromatic ring is 1. The van der Waals surface area contributed by atoms with Crippen LogP contribution in [0.3, 0.4) is 0 Å². The number of nitrogens with one attached hydrogen (secondary N) is 1. The lowest BCUT2D eigenvalue weighted by Gasteiger charge is -2.28. The molecule has 16 heteroatoms. The maximum atomic E-state index is 15.3. The van der Waals surface area contributed by atoms with Crippen LogP contribution in [0.15, 0.2) is 41.2 Å². The summed E-state index contributed by atoms with van der Waals surface area (Å²) in [6.07, 6.45) is -2.53. The Hall–Kier alpha value is -5.38. The molecule has 2 amide bonds. The van der Waals surface area contributed by atoms with Crippen LogP contribution in [-0.2, 0) is 25.7 Å². The van der Waals surface area contributed by atoms with Gasteiger partial charge in [0.1, 0.15) is 17.9 Å². The molecule has 15 nitrogen and oxygen atoms in total. The van der Waals surface area contributed by atoms with Crippen molar-refractivity contribution >= 4 is 52.3 Å². The Bertz CT molecular complexity index is 1640. The number of nitrogens with zero attached hydrogens (tertiary/aromatic N) is 3. The number of carboxylic acids is 3. The first-order chi connectivity index (χ1) is 20.2. The number of carbonyl (C=O) groups is 5. The van der Waals surface area contributed by atoms with Gasteiger partial charge in [-0.1, -0.05) is 6.07 Å². The maximum absolute atomic E-state index is 15.3. The molecule has 0 spiro atoms. The first-order valence-corrected chi connectivity index (χ1v) is 12.8. The highest BCUT2D eigenvalue weighted by molar-refractivity contribution is 6.07. The first kappa shape index (κ1) is 32.1. The fourth-order valence-electron chi connectivity index (χ4n) is 4.29. The Kier molecular flexibility index (Phi) is 10.1. The molecule has 0 saturated carbocycles. The van der Waals surface area contributed by atoms with Crippen LogP contribution in [0.5, 0.6) is 0 Å². The number of aliphatic carboxylic acids is 3. The van der Waals surface area contributed by atoms with E-state index in [4.69, 9.17) is 21.7 Å². The molecule has 3 aromatic rings. The zero-order chi connectivity index (χ0) is 32.0. The summed E-state index contributed by atoms with van der Waals surface area (Å²) in [5.74, 6) is -8.20. The Morgan fingerprint density at radius 2 is 1.70 bits per heavy atom. The first-order valence-electron chi connectivity index (χ1n) is 12.8. The van der Waals surface area contributed by atoms with Crippen LogP contribution in [-0.4, -0.2) is 79.0 Å². The quantitative estimate of drug-likeness (QED) is 0.159. The number of H-pyrrole nitrogens is 1. The highest BCUT2D eigenvalue weighted by Gasteiger charge is 2.37. The Morgan fingerprint density at radius 1 is 1.00 bits per heavy atom. The summed E-state index contributed by atoms with van der Waals surface area (Å²) in [7, 11) is 1.61. The third kappa shape index (κ3) is 7.88. The van der Waals surface area contributed by atoms with E-state index in [0.717, 1.165) is 12.1 Å². The molecule has 0 aliphatic rings. The number of carbonyl (C=O) groups excluding carboxylic acids is 2. The van der Waals surface area contributed by atoms with Gasteiger partial charge < -0.3 is 31.7 Å². The minimum atomic E-state index is -1.97. The smallest absolute Gasteiger partial charge is 0.326 e. The molecule has 1 heterocycles. The minimum Gasteiger partial charge on any atom is -0.481 e. The van der Waals surface area contributed by atoms with Gasteiger partial charge in [-0.05, 0) is 48.7 Å². The average Bonchev–Trinajstić information content (AvgIpc) is 2.93. The lowest BCUT2D eigenvalue weighted by atomic mass is 10.0. The van der Waals surface area contributed by atoms with Gasteiger partial charge in [0, 0.05) is 32.1 Å². The number of hydrogen-bond acceptors (Lipinski definition) is 10. The third-order valence-corrected chi connectivity index (χ3v) is 6.53. The van der Waals surface area contributed by atoms with Crippen molar-refractivity contribution < 1.29 is 43.7 Å². The highest BCUT2D eigenvalue weighted by Crippen LogP contribution is 2.24. The molecule has 0 aliphatic carbocycles. The summed E-state index contributed by atoms with van der Waals surface area (Å²) in [5, 5.41) is 28.0. The van der Waals surface area contributed by atoms with E-state index in [-0.39, 0.29) is 28.5 Å². The molecule has 2 atom stereocenters. The predicted molar refractivity (Wildman–Crippen MR) is 150 cm³/mol. The van der Waals surface area contributed by atoms with Crippen LogP contribution in [0.1, 0.15) is 41.6 Å². The zero-order valence-corrected chi connectivity index (χ0v) is 22.8. The van der Waals surface area contributed by atoms with E-state index >= 15 is 4.39 Å². The second-order valence-corrected chi connectivity index (χ2v) is 9.66. The number of hydrogen-bond donors (Lipinski definition) is 6. The number of aromatic amines is 1. The topological polar surface area (TPSA) is 250 Å². The van der Waals surface area contributed by atoms with Crippen LogP contribution < -0.4 is 21.9 Å². The van der Waals surface area contributed by atoms with Crippen LogP contribution >= 0.6 is 0 Å². The van der Waals surface area contributed by atoms with E-state index in [1.807, 2.05) is 0 Å². The molecule has 1 aromatic heterocycles. The molecule has 2 aromatic carbocycles.